The number of benzene rings is 1. The molecule has 1 rings (SSSR count). The van der Waals surface area contributed by atoms with Gasteiger partial charge < -0.3 is 9.84 Å². The van der Waals surface area contributed by atoms with Gasteiger partial charge in [0.2, 0.25) is 10.0 Å². The van der Waals surface area contributed by atoms with Crippen molar-refractivity contribution in [2.24, 2.45) is 5.92 Å². The van der Waals surface area contributed by atoms with Gasteiger partial charge in [-0.05, 0) is 24.8 Å². The predicted octanol–water partition coefficient (Wildman–Crippen LogP) is 1.27. The Morgan fingerprint density at radius 2 is 1.95 bits per heavy atom. The molecule has 0 fully saturated rings. The van der Waals surface area contributed by atoms with Crippen molar-refractivity contribution in [3.05, 3.63) is 35.9 Å². The first-order valence-electron chi connectivity index (χ1n) is 7.18. The maximum Gasteiger partial charge on any atom is 0.322 e. The minimum absolute atomic E-state index is 0.106. The molecule has 1 aromatic carbocycles. The molecule has 0 aromatic heterocycles. The Morgan fingerprint density at radius 3 is 2.50 bits per heavy atom. The van der Waals surface area contributed by atoms with Gasteiger partial charge in [0.05, 0.1) is 12.4 Å². The van der Waals surface area contributed by atoms with Gasteiger partial charge in [0.1, 0.15) is 6.04 Å². The molecule has 124 valence electrons. The fraction of sp³-hybridized carbons (Fsp3) is 0.533. The lowest BCUT2D eigenvalue weighted by Gasteiger charge is -2.17. The Morgan fingerprint density at radius 1 is 1.32 bits per heavy atom. The highest BCUT2D eigenvalue weighted by Gasteiger charge is 2.25. The van der Waals surface area contributed by atoms with Crippen molar-refractivity contribution >= 4 is 16.0 Å². The number of rotatable bonds is 10. The Labute approximate surface area is 131 Å². The van der Waals surface area contributed by atoms with E-state index in [1.807, 2.05) is 13.0 Å². The van der Waals surface area contributed by atoms with E-state index >= 15 is 0 Å². The second-order valence-electron chi connectivity index (χ2n) is 5.24. The van der Waals surface area contributed by atoms with Crippen LogP contribution in [-0.4, -0.2) is 44.5 Å². The first-order valence-corrected chi connectivity index (χ1v) is 8.83. The van der Waals surface area contributed by atoms with E-state index in [2.05, 4.69) is 4.72 Å². The molecule has 7 heteroatoms. The van der Waals surface area contributed by atoms with Gasteiger partial charge in [0.15, 0.2) is 0 Å². The van der Waals surface area contributed by atoms with Crippen LogP contribution in [0.2, 0.25) is 0 Å². The van der Waals surface area contributed by atoms with Gasteiger partial charge in [-0.25, -0.2) is 13.1 Å². The van der Waals surface area contributed by atoms with Gasteiger partial charge in [-0.15, -0.1) is 0 Å². The lowest BCUT2D eigenvalue weighted by molar-refractivity contribution is -0.138. The summed E-state index contributed by atoms with van der Waals surface area (Å²) in [6.07, 6.45) is 0.106. The summed E-state index contributed by atoms with van der Waals surface area (Å²) in [7, 11) is -3.69. The zero-order valence-electron chi connectivity index (χ0n) is 12.9. The Balaban J connectivity index is 2.67. The van der Waals surface area contributed by atoms with Crippen LogP contribution in [0.5, 0.6) is 0 Å². The number of aliphatic carboxylic acids is 1. The average Bonchev–Trinajstić information content (AvgIpc) is 2.44. The van der Waals surface area contributed by atoms with Crippen molar-refractivity contribution in [2.75, 3.05) is 19.0 Å². The zero-order chi connectivity index (χ0) is 16.6. The molecule has 6 nitrogen and oxygen atoms in total. The third-order valence-electron chi connectivity index (χ3n) is 3.01. The Kier molecular flexibility index (Phi) is 7.50. The van der Waals surface area contributed by atoms with Crippen molar-refractivity contribution in [2.45, 2.75) is 26.3 Å². The third kappa shape index (κ3) is 7.02. The number of carboxylic acids is 1. The van der Waals surface area contributed by atoms with Crippen LogP contribution in [0, 0.1) is 5.92 Å². The fourth-order valence-corrected chi connectivity index (χ4v) is 3.59. The van der Waals surface area contributed by atoms with Crippen LogP contribution in [0.25, 0.3) is 0 Å². The molecule has 1 aromatic rings. The van der Waals surface area contributed by atoms with Crippen molar-refractivity contribution in [3.63, 3.8) is 0 Å². The summed E-state index contributed by atoms with van der Waals surface area (Å²) in [6, 6.07) is 7.74. The maximum absolute atomic E-state index is 12.1. The molecular formula is C15H23NO5S. The van der Waals surface area contributed by atoms with Crippen LogP contribution in [0.15, 0.2) is 30.3 Å². The summed E-state index contributed by atoms with van der Waals surface area (Å²) in [5, 5.41) is 9.22. The molecule has 1 unspecified atom stereocenters. The zero-order valence-corrected chi connectivity index (χ0v) is 13.7. The largest absolute Gasteiger partial charge is 0.480 e. The van der Waals surface area contributed by atoms with Crippen molar-refractivity contribution in [3.8, 4) is 0 Å². The van der Waals surface area contributed by atoms with E-state index in [9.17, 15) is 18.3 Å². The highest BCUT2D eigenvalue weighted by Crippen LogP contribution is 2.07. The molecule has 0 amide bonds. The molecule has 0 radical (unpaired) electrons. The van der Waals surface area contributed by atoms with Crippen LogP contribution in [0.1, 0.15) is 19.4 Å². The quantitative estimate of drug-likeness (QED) is 0.674. The number of ether oxygens (including phenoxy) is 1. The minimum Gasteiger partial charge on any atom is -0.480 e. The number of hydrogen-bond donors (Lipinski definition) is 2. The molecule has 2 N–H and O–H groups in total. The van der Waals surface area contributed by atoms with E-state index in [0.717, 1.165) is 5.56 Å². The predicted molar refractivity (Wildman–Crippen MR) is 84.1 cm³/mol. The van der Waals surface area contributed by atoms with Crippen LogP contribution >= 0.6 is 0 Å². The second-order valence-corrected chi connectivity index (χ2v) is 7.04. The Hall–Kier alpha value is -1.44. The van der Waals surface area contributed by atoms with Gasteiger partial charge in [-0.2, -0.15) is 0 Å². The topological polar surface area (TPSA) is 92.7 Å². The smallest absolute Gasteiger partial charge is 0.322 e. The highest BCUT2D eigenvalue weighted by molar-refractivity contribution is 7.89. The van der Waals surface area contributed by atoms with Crippen molar-refractivity contribution in [1.82, 2.24) is 4.72 Å². The summed E-state index contributed by atoms with van der Waals surface area (Å²) >= 11 is 0. The second kappa shape index (κ2) is 8.87. The minimum atomic E-state index is -3.69. The molecule has 0 bridgehead atoms. The SMILES string of the molecule is CCOCC(C)CS(=O)(=O)N[C@@H](Cc1ccccc1)C(=O)O. The third-order valence-corrected chi connectivity index (χ3v) is 4.66. The van der Waals surface area contributed by atoms with E-state index < -0.39 is 22.0 Å². The number of sulfonamides is 1. The van der Waals surface area contributed by atoms with Gasteiger partial charge in [-0.1, -0.05) is 37.3 Å². The first kappa shape index (κ1) is 18.6. The lowest BCUT2D eigenvalue weighted by atomic mass is 10.1. The first-order chi connectivity index (χ1) is 10.3. The van der Waals surface area contributed by atoms with E-state index in [1.54, 1.807) is 31.2 Å². The fourth-order valence-electron chi connectivity index (χ4n) is 2.04. The molecule has 0 aliphatic carbocycles. The Bertz CT molecular complexity index is 559. The molecule has 0 spiro atoms. The highest BCUT2D eigenvalue weighted by atomic mass is 32.2. The van der Waals surface area contributed by atoms with Crippen LogP contribution in [0.4, 0.5) is 0 Å². The van der Waals surface area contributed by atoms with Gasteiger partial charge in [0.25, 0.3) is 0 Å². The molecule has 0 aliphatic heterocycles. The molecule has 22 heavy (non-hydrogen) atoms. The molecule has 0 saturated heterocycles. The van der Waals surface area contributed by atoms with Gasteiger partial charge in [-0.3, -0.25) is 4.79 Å². The van der Waals surface area contributed by atoms with Crippen LogP contribution < -0.4 is 4.72 Å². The molecular weight excluding hydrogens is 306 g/mol. The molecule has 0 heterocycles. The standard InChI is InChI=1S/C15H23NO5S/c1-3-21-10-12(2)11-22(19,20)16-14(15(17)18)9-13-7-5-4-6-8-13/h4-8,12,14,16H,3,9-11H2,1-2H3,(H,17,18)/t12?,14-/m0/s1. The van der Waals surface area contributed by atoms with Crippen LogP contribution in [0.3, 0.4) is 0 Å². The summed E-state index contributed by atoms with van der Waals surface area (Å²) in [5.74, 6) is -1.56. The summed E-state index contributed by atoms with van der Waals surface area (Å²) in [5.41, 5.74) is 0.764. The number of hydrogen-bond acceptors (Lipinski definition) is 4. The number of carbonyl (C=O) groups is 1. The maximum atomic E-state index is 12.1. The molecule has 2 atom stereocenters. The summed E-state index contributed by atoms with van der Waals surface area (Å²) in [4.78, 5) is 11.3. The van der Waals surface area contributed by atoms with Gasteiger partial charge >= 0.3 is 5.97 Å². The normalized spacial score (nSPS) is 14.5. The van der Waals surface area contributed by atoms with Crippen molar-refractivity contribution < 1.29 is 23.1 Å². The van der Waals surface area contributed by atoms with E-state index in [-0.39, 0.29) is 18.1 Å². The van der Waals surface area contributed by atoms with Gasteiger partial charge in [0, 0.05) is 6.61 Å². The molecule has 0 saturated carbocycles. The van der Waals surface area contributed by atoms with Crippen molar-refractivity contribution in [1.29, 1.82) is 0 Å². The summed E-state index contributed by atoms with van der Waals surface area (Å²) in [6.45, 7) is 4.43. The van der Waals surface area contributed by atoms with E-state index in [0.29, 0.717) is 13.2 Å². The molecule has 0 aliphatic rings. The number of nitrogens with one attached hydrogen (secondary N) is 1. The number of carboxylic acid groups (broad SMARTS) is 1. The summed E-state index contributed by atoms with van der Waals surface area (Å²) < 4.78 is 31.6. The van der Waals surface area contributed by atoms with E-state index in [1.165, 1.54) is 0 Å². The monoisotopic (exact) mass is 329 g/mol. The van der Waals surface area contributed by atoms with E-state index in [4.69, 9.17) is 4.74 Å². The average molecular weight is 329 g/mol. The lowest BCUT2D eigenvalue weighted by Crippen LogP contribution is -2.44. The van der Waals surface area contributed by atoms with Crippen LogP contribution in [-0.2, 0) is 26.0 Å².